The van der Waals surface area contributed by atoms with E-state index in [0.717, 1.165) is 30.1 Å². The Bertz CT molecular complexity index is 629. The van der Waals surface area contributed by atoms with Crippen LogP contribution in [-0.2, 0) is 6.54 Å². The smallest absolute Gasteiger partial charge is 0.271 e. The average molecular weight is 317 g/mol. The predicted molar refractivity (Wildman–Crippen MR) is 87.2 cm³/mol. The second kappa shape index (κ2) is 6.89. The Hall–Kier alpha value is -1.92. The number of aromatic nitrogens is 1. The van der Waals surface area contributed by atoms with Crippen LogP contribution in [0.4, 0.5) is 5.13 Å². The number of benzene rings is 1. The number of aliphatic hydroxyl groups excluding tert-OH is 1. The van der Waals surface area contributed by atoms with Gasteiger partial charge in [0.25, 0.3) is 5.91 Å². The summed E-state index contributed by atoms with van der Waals surface area (Å²) in [6, 6.07) is 9.93. The molecule has 1 saturated heterocycles. The van der Waals surface area contributed by atoms with Gasteiger partial charge in [-0.3, -0.25) is 4.79 Å². The van der Waals surface area contributed by atoms with Crippen molar-refractivity contribution in [1.82, 2.24) is 10.3 Å². The van der Waals surface area contributed by atoms with Crippen molar-refractivity contribution in [2.45, 2.75) is 25.4 Å². The fourth-order valence-corrected chi connectivity index (χ4v) is 3.55. The average Bonchev–Trinajstić information content (AvgIpc) is 3.21. The number of carbonyl (C=O) groups is 1. The van der Waals surface area contributed by atoms with Crippen LogP contribution in [0.2, 0.25) is 0 Å². The first kappa shape index (κ1) is 15.0. The molecule has 2 heterocycles. The van der Waals surface area contributed by atoms with Crippen molar-refractivity contribution in [3.63, 3.8) is 0 Å². The van der Waals surface area contributed by atoms with Gasteiger partial charge in [0.1, 0.15) is 5.69 Å². The second-order valence-corrected chi connectivity index (χ2v) is 6.19. The van der Waals surface area contributed by atoms with Crippen LogP contribution in [-0.4, -0.2) is 35.2 Å². The van der Waals surface area contributed by atoms with Crippen LogP contribution in [0.1, 0.15) is 28.9 Å². The number of aliphatic hydroxyl groups is 1. The van der Waals surface area contributed by atoms with Crippen molar-refractivity contribution >= 4 is 22.4 Å². The summed E-state index contributed by atoms with van der Waals surface area (Å²) in [5.41, 5.74) is 1.51. The summed E-state index contributed by atoms with van der Waals surface area (Å²) >= 11 is 1.46. The summed E-state index contributed by atoms with van der Waals surface area (Å²) < 4.78 is 0. The van der Waals surface area contributed by atoms with Crippen molar-refractivity contribution in [3.8, 4) is 0 Å². The second-order valence-electron chi connectivity index (χ2n) is 5.36. The molecule has 1 aromatic heterocycles. The van der Waals surface area contributed by atoms with Gasteiger partial charge in [-0.15, -0.1) is 11.3 Å². The summed E-state index contributed by atoms with van der Waals surface area (Å²) in [4.78, 5) is 18.7. The fraction of sp³-hybridized carbons (Fsp3) is 0.375. The maximum atomic E-state index is 12.2. The molecule has 0 aliphatic carbocycles. The fourth-order valence-electron chi connectivity index (χ4n) is 2.65. The van der Waals surface area contributed by atoms with Gasteiger partial charge in [-0.05, 0) is 18.4 Å². The first-order chi connectivity index (χ1) is 10.8. The van der Waals surface area contributed by atoms with Gasteiger partial charge in [-0.2, -0.15) is 0 Å². The van der Waals surface area contributed by atoms with E-state index in [1.165, 1.54) is 11.3 Å². The number of anilines is 1. The summed E-state index contributed by atoms with van der Waals surface area (Å²) in [6.45, 7) is 1.52. The zero-order valence-corrected chi connectivity index (χ0v) is 13.1. The molecule has 2 N–H and O–H groups in total. The van der Waals surface area contributed by atoms with Crippen LogP contribution >= 0.6 is 11.3 Å². The van der Waals surface area contributed by atoms with Gasteiger partial charge in [-0.1, -0.05) is 30.3 Å². The van der Waals surface area contributed by atoms with Crippen LogP contribution in [0, 0.1) is 0 Å². The third kappa shape index (κ3) is 3.28. The maximum Gasteiger partial charge on any atom is 0.271 e. The van der Waals surface area contributed by atoms with Gasteiger partial charge in [0.2, 0.25) is 0 Å². The van der Waals surface area contributed by atoms with Crippen LogP contribution in [0.5, 0.6) is 0 Å². The first-order valence-electron chi connectivity index (χ1n) is 7.43. The van der Waals surface area contributed by atoms with Gasteiger partial charge in [0, 0.05) is 18.5 Å². The molecule has 6 heteroatoms. The first-order valence-corrected chi connectivity index (χ1v) is 8.31. The van der Waals surface area contributed by atoms with Crippen molar-refractivity contribution in [1.29, 1.82) is 0 Å². The third-order valence-electron chi connectivity index (χ3n) is 3.85. The van der Waals surface area contributed by atoms with E-state index >= 15 is 0 Å². The van der Waals surface area contributed by atoms with Crippen molar-refractivity contribution in [2.24, 2.45) is 0 Å². The maximum absolute atomic E-state index is 12.2. The van der Waals surface area contributed by atoms with Gasteiger partial charge >= 0.3 is 0 Å². The van der Waals surface area contributed by atoms with Gasteiger partial charge in [-0.25, -0.2) is 4.98 Å². The van der Waals surface area contributed by atoms with E-state index in [0.29, 0.717) is 12.2 Å². The van der Waals surface area contributed by atoms with Crippen LogP contribution in [0.25, 0.3) is 0 Å². The highest BCUT2D eigenvalue weighted by atomic mass is 32.1. The minimum atomic E-state index is -0.161. The molecule has 5 nitrogen and oxygen atoms in total. The Morgan fingerprint density at radius 1 is 1.41 bits per heavy atom. The predicted octanol–water partition coefficient (Wildman–Crippen LogP) is 2.03. The molecule has 1 atom stereocenters. The van der Waals surface area contributed by atoms with E-state index < -0.39 is 0 Å². The molecule has 2 aromatic rings. The molecule has 0 spiro atoms. The quantitative estimate of drug-likeness (QED) is 0.885. The number of hydrogen-bond acceptors (Lipinski definition) is 5. The molecule has 3 rings (SSSR count). The number of nitrogens with one attached hydrogen (secondary N) is 1. The molecular formula is C16H19N3O2S. The van der Waals surface area contributed by atoms with E-state index in [4.69, 9.17) is 0 Å². The highest BCUT2D eigenvalue weighted by Crippen LogP contribution is 2.28. The Morgan fingerprint density at radius 2 is 2.23 bits per heavy atom. The number of thiazole rings is 1. The molecule has 1 aliphatic rings. The molecule has 0 saturated carbocycles. The lowest BCUT2D eigenvalue weighted by Crippen LogP contribution is -2.32. The molecule has 1 unspecified atom stereocenters. The lowest BCUT2D eigenvalue weighted by atomic mass is 10.2. The standard InChI is InChI=1S/C16H19N3O2S/c20-10-13-7-4-8-19(13)16-18-14(11-22-16)15(21)17-9-12-5-2-1-3-6-12/h1-3,5-6,11,13,20H,4,7-10H2,(H,17,21). The normalized spacial score (nSPS) is 17.7. The lowest BCUT2D eigenvalue weighted by Gasteiger charge is -2.21. The van der Waals surface area contributed by atoms with Crippen LogP contribution in [0.15, 0.2) is 35.7 Å². The Balaban J connectivity index is 1.62. The third-order valence-corrected chi connectivity index (χ3v) is 4.73. The molecule has 0 radical (unpaired) electrons. The monoisotopic (exact) mass is 317 g/mol. The molecular weight excluding hydrogens is 298 g/mol. The van der Waals surface area contributed by atoms with Gasteiger partial charge < -0.3 is 15.3 Å². The van der Waals surface area contributed by atoms with E-state index in [-0.39, 0.29) is 18.6 Å². The lowest BCUT2D eigenvalue weighted by molar-refractivity contribution is 0.0946. The molecule has 0 bridgehead atoms. The summed E-state index contributed by atoms with van der Waals surface area (Å²) in [6.07, 6.45) is 2.03. The van der Waals surface area contributed by atoms with E-state index in [9.17, 15) is 9.90 Å². The molecule has 22 heavy (non-hydrogen) atoms. The minimum Gasteiger partial charge on any atom is -0.394 e. The highest BCUT2D eigenvalue weighted by molar-refractivity contribution is 7.14. The van der Waals surface area contributed by atoms with Crippen molar-refractivity contribution in [2.75, 3.05) is 18.1 Å². The van der Waals surface area contributed by atoms with E-state index in [1.54, 1.807) is 5.38 Å². The summed E-state index contributed by atoms with van der Waals surface area (Å²) in [5, 5.41) is 14.9. The largest absolute Gasteiger partial charge is 0.394 e. The highest BCUT2D eigenvalue weighted by Gasteiger charge is 2.26. The molecule has 1 amide bonds. The molecule has 1 aliphatic heterocycles. The minimum absolute atomic E-state index is 0.131. The summed E-state index contributed by atoms with van der Waals surface area (Å²) in [5.74, 6) is -0.161. The SMILES string of the molecule is O=C(NCc1ccccc1)c1csc(N2CCCC2CO)n1. The van der Waals surface area contributed by atoms with E-state index in [1.807, 2.05) is 30.3 Å². The Kier molecular flexibility index (Phi) is 4.70. The van der Waals surface area contributed by atoms with Gasteiger partial charge in [0.05, 0.1) is 12.6 Å². The molecule has 1 aromatic carbocycles. The zero-order valence-electron chi connectivity index (χ0n) is 12.2. The van der Waals surface area contributed by atoms with Crippen LogP contribution in [0.3, 0.4) is 0 Å². The number of carbonyl (C=O) groups excluding carboxylic acids is 1. The van der Waals surface area contributed by atoms with E-state index in [2.05, 4.69) is 15.2 Å². The van der Waals surface area contributed by atoms with Crippen molar-refractivity contribution < 1.29 is 9.90 Å². The summed E-state index contributed by atoms with van der Waals surface area (Å²) in [7, 11) is 0. The molecule has 1 fully saturated rings. The Morgan fingerprint density at radius 3 is 3.00 bits per heavy atom. The van der Waals surface area contributed by atoms with Gasteiger partial charge in [0.15, 0.2) is 5.13 Å². The number of rotatable bonds is 5. The zero-order chi connectivity index (χ0) is 15.4. The Labute approximate surface area is 133 Å². The van der Waals surface area contributed by atoms with Crippen molar-refractivity contribution in [3.05, 3.63) is 47.0 Å². The topological polar surface area (TPSA) is 65.5 Å². The number of amides is 1. The number of nitrogens with zero attached hydrogens (tertiary/aromatic N) is 2. The molecule has 116 valence electrons. The number of hydrogen-bond donors (Lipinski definition) is 2. The van der Waals surface area contributed by atoms with Crippen LogP contribution < -0.4 is 10.2 Å².